The zero-order valence-corrected chi connectivity index (χ0v) is 13.2. The molecular weight excluding hydrogens is 306 g/mol. The molecule has 0 saturated carbocycles. The van der Waals surface area contributed by atoms with E-state index in [1.807, 2.05) is 12.1 Å². The van der Waals surface area contributed by atoms with E-state index >= 15 is 0 Å². The van der Waals surface area contributed by atoms with Crippen molar-refractivity contribution in [1.82, 2.24) is 14.9 Å². The molecule has 7 nitrogen and oxygen atoms in total. The predicted molar refractivity (Wildman–Crippen MR) is 86.8 cm³/mol. The Labute approximate surface area is 140 Å². The smallest absolute Gasteiger partial charge is 0.231 e. The summed E-state index contributed by atoms with van der Waals surface area (Å²) in [4.78, 5) is 12.9. The van der Waals surface area contributed by atoms with Gasteiger partial charge in [0.1, 0.15) is 6.07 Å². The molecule has 4 rings (SSSR count). The van der Waals surface area contributed by atoms with Gasteiger partial charge in [0.25, 0.3) is 0 Å². The molecule has 1 aromatic heterocycles. The van der Waals surface area contributed by atoms with Gasteiger partial charge < -0.3 is 14.4 Å². The third-order valence-electron chi connectivity index (χ3n) is 4.30. The highest BCUT2D eigenvalue weighted by atomic mass is 16.7. The predicted octanol–water partition coefficient (Wildman–Crippen LogP) is 1.40. The Morgan fingerprint density at radius 2 is 1.83 bits per heavy atom. The second-order valence-corrected chi connectivity index (χ2v) is 5.79. The number of benzene rings is 1. The highest BCUT2D eigenvalue weighted by Gasteiger charge is 2.21. The third kappa shape index (κ3) is 2.84. The molecule has 0 spiro atoms. The van der Waals surface area contributed by atoms with Crippen LogP contribution in [0.2, 0.25) is 0 Å². The van der Waals surface area contributed by atoms with E-state index in [4.69, 9.17) is 14.7 Å². The van der Waals surface area contributed by atoms with E-state index in [0.29, 0.717) is 18.3 Å². The number of rotatable bonds is 3. The molecule has 7 heteroatoms. The first-order valence-electron chi connectivity index (χ1n) is 7.90. The molecule has 1 aromatic carbocycles. The Bertz CT molecular complexity index is 781. The largest absolute Gasteiger partial charge is 0.454 e. The van der Waals surface area contributed by atoms with Crippen LogP contribution < -0.4 is 14.4 Å². The summed E-state index contributed by atoms with van der Waals surface area (Å²) in [7, 11) is 0. The van der Waals surface area contributed by atoms with E-state index in [1.54, 1.807) is 12.4 Å². The van der Waals surface area contributed by atoms with Gasteiger partial charge in [-0.05, 0) is 17.7 Å². The van der Waals surface area contributed by atoms with E-state index in [9.17, 15) is 0 Å². The van der Waals surface area contributed by atoms with Crippen molar-refractivity contribution in [3.05, 3.63) is 41.9 Å². The molecular formula is C17H17N5O2. The number of hydrogen-bond donors (Lipinski definition) is 0. The zero-order chi connectivity index (χ0) is 16.4. The van der Waals surface area contributed by atoms with Crippen LogP contribution in [-0.4, -0.2) is 47.8 Å². The monoisotopic (exact) mass is 323 g/mol. The summed E-state index contributed by atoms with van der Waals surface area (Å²) in [6.45, 7) is 4.66. The lowest BCUT2D eigenvalue weighted by Crippen LogP contribution is -2.46. The molecule has 0 radical (unpaired) electrons. The van der Waals surface area contributed by atoms with Crippen LogP contribution >= 0.6 is 0 Å². The molecule has 0 atom stereocenters. The van der Waals surface area contributed by atoms with E-state index in [-0.39, 0.29) is 0 Å². The average molecular weight is 323 g/mol. The van der Waals surface area contributed by atoms with Gasteiger partial charge in [-0.1, -0.05) is 6.07 Å². The number of piperazine rings is 1. The zero-order valence-electron chi connectivity index (χ0n) is 13.2. The fourth-order valence-corrected chi connectivity index (χ4v) is 3.06. The molecule has 122 valence electrons. The number of anilines is 1. The van der Waals surface area contributed by atoms with Gasteiger partial charge in [-0.15, -0.1) is 0 Å². The summed E-state index contributed by atoms with van der Waals surface area (Å²) in [5.74, 6) is 2.32. The summed E-state index contributed by atoms with van der Waals surface area (Å²) < 4.78 is 10.8. The molecule has 1 saturated heterocycles. The van der Waals surface area contributed by atoms with Crippen LogP contribution in [0, 0.1) is 11.3 Å². The molecule has 1 fully saturated rings. The number of nitriles is 1. The van der Waals surface area contributed by atoms with E-state index in [1.165, 1.54) is 5.56 Å². The average Bonchev–Trinajstić information content (AvgIpc) is 3.10. The van der Waals surface area contributed by atoms with E-state index in [2.05, 4.69) is 31.9 Å². The van der Waals surface area contributed by atoms with Crippen LogP contribution in [0.5, 0.6) is 11.5 Å². The maximum atomic E-state index is 9.16. The van der Waals surface area contributed by atoms with Gasteiger partial charge in [-0.2, -0.15) is 5.26 Å². The van der Waals surface area contributed by atoms with Crippen LogP contribution in [0.3, 0.4) is 0 Å². The molecule has 0 aliphatic carbocycles. The van der Waals surface area contributed by atoms with Gasteiger partial charge in [-0.3, -0.25) is 4.90 Å². The first-order chi connectivity index (χ1) is 11.8. The highest BCUT2D eigenvalue weighted by molar-refractivity contribution is 5.49. The normalized spacial score (nSPS) is 16.9. The Balaban J connectivity index is 1.39. The number of ether oxygens (including phenoxy) is 2. The molecule has 24 heavy (non-hydrogen) atoms. The summed E-state index contributed by atoms with van der Waals surface area (Å²) in [6, 6.07) is 8.20. The molecule has 2 aliphatic heterocycles. The van der Waals surface area contributed by atoms with Crippen molar-refractivity contribution in [3.63, 3.8) is 0 Å². The van der Waals surface area contributed by atoms with Gasteiger partial charge in [-0.25, -0.2) is 9.97 Å². The Kier molecular flexibility index (Phi) is 3.89. The fraction of sp³-hybridized carbons (Fsp3) is 0.353. The second-order valence-electron chi connectivity index (χ2n) is 5.79. The van der Waals surface area contributed by atoms with Crippen LogP contribution in [-0.2, 0) is 6.54 Å². The van der Waals surface area contributed by atoms with Crippen molar-refractivity contribution >= 4 is 5.82 Å². The van der Waals surface area contributed by atoms with Gasteiger partial charge in [0.05, 0.1) is 0 Å². The lowest BCUT2D eigenvalue weighted by atomic mass is 10.1. The number of fused-ring (bicyclic) bond motifs is 1. The summed E-state index contributed by atoms with van der Waals surface area (Å²) in [6.07, 6.45) is 3.19. The molecule has 3 heterocycles. The number of nitrogens with zero attached hydrogens (tertiary/aromatic N) is 5. The van der Waals surface area contributed by atoms with Crippen LogP contribution in [0.15, 0.2) is 30.6 Å². The fourth-order valence-electron chi connectivity index (χ4n) is 3.06. The SMILES string of the molecule is N#Cc1nccnc1N1CCN(Cc2ccc3c(c2)OCO3)CC1. The van der Waals surface area contributed by atoms with Crippen molar-refractivity contribution in [2.75, 3.05) is 37.9 Å². The maximum Gasteiger partial charge on any atom is 0.231 e. The van der Waals surface area contributed by atoms with Crippen LogP contribution in [0.1, 0.15) is 11.3 Å². The first-order valence-corrected chi connectivity index (χ1v) is 7.90. The highest BCUT2D eigenvalue weighted by Crippen LogP contribution is 2.32. The third-order valence-corrected chi connectivity index (χ3v) is 4.30. The summed E-state index contributed by atoms with van der Waals surface area (Å²) in [5, 5.41) is 9.16. The van der Waals surface area contributed by atoms with Gasteiger partial charge >= 0.3 is 0 Å². The minimum absolute atomic E-state index is 0.302. The minimum Gasteiger partial charge on any atom is -0.454 e. The molecule has 2 aliphatic rings. The first kappa shape index (κ1) is 14.7. The Morgan fingerprint density at radius 1 is 1.04 bits per heavy atom. The summed E-state index contributed by atoms with van der Waals surface area (Å²) in [5.41, 5.74) is 1.60. The molecule has 0 bridgehead atoms. The molecule has 0 amide bonds. The number of aromatic nitrogens is 2. The maximum absolute atomic E-state index is 9.16. The Hall–Kier alpha value is -2.85. The van der Waals surface area contributed by atoms with E-state index < -0.39 is 0 Å². The van der Waals surface area contributed by atoms with Crippen molar-refractivity contribution in [2.45, 2.75) is 6.54 Å². The van der Waals surface area contributed by atoms with E-state index in [0.717, 1.165) is 44.2 Å². The number of hydrogen-bond acceptors (Lipinski definition) is 7. The lowest BCUT2D eigenvalue weighted by Gasteiger charge is -2.35. The molecule has 0 N–H and O–H groups in total. The van der Waals surface area contributed by atoms with Crippen molar-refractivity contribution in [1.29, 1.82) is 5.26 Å². The molecule has 2 aromatic rings. The second kappa shape index (κ2) is 6.34. The van der Waals surface area contributed by atoms with Crippen LogP contribution in [0.25, 0.3) is 0 Å². The van der Waals surface area contributed by atoms with Gasteiger partial charge in [0.2, 0.25) is 6.79 Å². The minimum atomic E-state index is 0.302. The summed E-state index contributed by atoms with van der Waals surface area (Å²) >= 11 is 0. The van der Waals surface area contributed by atoms with Crippen molar-refractivity contribution < 1.29 is 9.47 Å². The van der Waals surface area contributed by atoms with Gasteiger partial charge in [0, 0.05) is 45.1 Å². The van der Waals surface area contributed by atoms with Gasteiger partial charge in [0.15, 0.2) is 23.0 Å². The van der Waals surface area contributed by atoms with Crippen molar-refractivity contribution in [2.24, 2.45) is 0 Å². The van der Waals surface area contributed by atoms with Crippen molar-refractivity contribution in [3.8, 4) is 17.6 Å². The van der Waals surface area contributed by atoms with Crippen LogP contribution in [0.4, 0.5) is 5.82 Å². The molecule has 0 unspecified atom stereocenters. The topological polar surface area (TPSA) is 74.5 Å². The lowest BCUT2D eigenvalue weighted by molar-refractivity contribution is 0.174. The Morgan fingerprint density at radius 3 is 2.67 bits per heavy atom. The quantitative estimate of drug-likeness (QED) is 0.845. The standard InChI is InChI=1S/C17H17N5O2/c18-10-14-17(20-4-3-19-14)22-7-5-21(6-8-22)11-13-1-2-15-16(9-13)24-12-23-15/h1-4,9H,5-8,11-12H2.